The molecule has 0 aromatic heterocycles. The van der Waals surface area contributed by atoms with Crippen LogP contribution in [0.1, 0.15) is 16.7 Å². The molecule has 9 heteroatoms. The zero-order chi connectivity index (χ0) is 21.9. The Morgan fingerprint density at radius 1 is 1.00 bits per heavy atom. The van der Waals surface area contributed by atoms with Gasteiger partial charge in [-0.2, -0.15) is 17.5 Å². The van der Waals surface area contributed by atoms with Crippen LogP contribution in [-0.4, -0.2) is 49.7 Å². The predicted octanol–water partition coefficient (Wildman–Crippen LogP) is 3.56. The van der Waals surface area contributed by atoms with E-state index in [0.717, 1.165) is 17.7 Å². The van der Waals surface area contributed by atoms with Crippen molar-refractivity contribution in [3.05, 3.63) is 71.3 Å². The van der Waals surface area contributed by atoms with Crippen molar-refractivity contribution in [2.75, 3.05) is 26.2 Å². The van der Waals surface area contributed by atoms with Crippen LogP contribution in [0.3, 0.4) is 0 Å². The first-order chi connectivity index (χ1) is 14.1. The van der Waals surface area contributed by atoms with Gasteiger partial charge in [0.25, 0.3) is 0 Å². The number of alkyl halides is 3. The van der Waals surface area contributed by atoms with Crippen molar-refractivity contribution in [1.29, 1.82) is 0 Å². The van der Waals surface area contributed by atoms with Crippen LogP contribution in [0.4, 0.5) is 13.2 Å². The Morgan fingerprint density at radius 2 is 1.63 bits per heavy atom. The highest BCUT2D eigenvalue weighted by atomic mass is 32.2. The number of rotatable bonds is 4. The number of halogens is 3. The molecule has 0 N–H and O–H groups in total. The SMILES string of the molecule is Cc1ccc(S(=O)(=O)N2CCN(C(=O)/C=C/c3cccc(C(F)(F)F)c3)CC2)cc1. The molecule has 0 spiro atoms. The molecular formula is C21H21F3N2O3S. The average Bonchev–Trinajstić information content (AvgIpc) is 2.72. The number of sulfonamides is 1. The molecule has 1 heterocycles. The maximum absolute atomic E-state index is 12.8. The van der Waals surface area contributed by atoms with E-state index in [0.29, 0.717) is 0 Å². The third-order valence-electron chi connectivity index (χ3n) is 4.84. The van der Waals surface area contributed by atoms with Gasteiger partial charge in [-0.25, -0.2) is 8.42 Å². The van der Waals surface area contributed by atoms with Gasteiger partial charge in [-0.05, 0) is 42.8 Å². The molecule has 30 heavy (non-hydrogen) atoms. The van der Waals surface area contributed by atoms with Gasteiger partial charge in [-0.1, -0.05) is 29.8 Å². The molecule has 2 aromatic rings. The van der Waals surface area contributed by atoms with E-state index in [2.05, 4.69) is 0 Å². The summed E-state index contributed by atoms with van der Waals surface area (Å²) in [5.41, 5.74) is 0.433. The van der Waals surface area contributed by atoms with Gasteiger partial charge in [0, 0.05) is 32.3 Å². The molecule has 1 aliphatic heterocycles. The van der Waals surface area contributed by atoms with Crippen LogP contribution in [0.5, 0.6) is 0 Å². The smallest absolute Gasteiger partial charge is 0.337 e. The maximum atomic E-state index is 12.8. The lowest BCUT2D eigenvalue weighted by Gasteiger charge is -2.33. The standard InChI is InChI=1S/C21H21F3N2O3S/c1-16-5-8-19(9-6-16)30(28,29)26-13-11-25(12-14-26)20(27)10-7-17-3-2-4-18(15-17)21(22,23)24/h2-10,15H,11-14H2,1H3/b10-7+. The number of carbonyl (C=O) groups is 1. The zero-order valence-electron chi connectivity index (χ0n) is 16.3. The Kier molecular flexibility index (Phi) is 6.33. The van der Waals surface area contributed by atoms with E-state index in [9.17, 15) is 26.4 Å². The predicted molar refractivity (Wildman–Crippen MR) is 107 cm³/mol. The van der Waals surface area contributed by atoms with Crippen molar-refractivity contribution in [2.24, 2.45) is 0 Å². The molecule has 0 saturated carbocycles. The van der Waals surface area contributed by atoms with Gasteiger partial charge in [0.2, 0.25) is 15.9 Å². The third-order valence-corrected chi connectivity index (χ3v) is 6.75. The van der Waals surface area contributed by atoms with E-state index in [1.54, 1.807) is 24.3 Å². The van der Waals surface area contributed by atoms with Crippen molar-refractivity contribution >= 4 is 22.0 Å². The van der Waals surface area contributed by atoms with E-state index < -0.39 is 21.8 Å². The second-order valence-electron chi connectivity index (χ2n) is 7.00. The Labute approximate surface area is 173 Å². The highest BCUT2D eigenvalue weighted by Gasteiger charge is 2.31. The summed E-state index contributed by atoms with van der Waals surface area (Å²) in [5.74, 6) is -0.375. The number of amides is 1. The van der Waals surface area contributed by atoms with Crippen LogP contribution < -0.4 is 0 Å². The normalized spacial score (nSPS) is 16.2. The third kappa shape index (κ3) is 5.09. The van der Waals surface area contributed by atoms with E-state index >= 15 is 0 Å². The molecule has 1 amide bonds. The van der Waals surface area contributed by atoms with Gasteiger partial charge in [0.05, 0.1) is 10.5 Å². The Bertz CT molecular complexity index is 1040. The van der Waals surface area contributed by atoms with Gasteiger partial charge in [-0.3, -0.25) is 4.79 Å². The molecule has 0 aliphatic carbocycles. The van der Waals surface area contributed by atoms with Crippen molar-refractivity contribution in [3.63, 3.8) is 0 Å². The Balaban J connectivity index is 1.62. The molecule has 1 fully saturated rings. The van der Waals surface area contributed by atoms with Gasteiger partial charge in [-0.15, -0.1) is 0 Å². The molecule has 160 valence electrons. The summed E-state index contributed by atoms with van der Waals surface area (Å²) >= 11 is 0. The van der Waals surface area contributed by atoms with Crippen LogP contribution in [0, 0.1) is 6.92 Å². The minimum absolute atomic E-state index is 0.152. The minimum atomic E-state index is -4.45. The number of hydrogen-bond donors (Lipinski definition) is 0. The number of hydrogen-bond acceptors (Lipinski definition) is 3. The lowest BCUT2D eigenvalue weighted by Crippen LogP contribution is -2.50. The summed E-state index contributed by atoms with van der Waals surface area (Å²) in [7, 11) is -3.63. The molecule has 0 unspecified atom stereocenters. The average molecular weight is 438 g/mol. The lowest BCUT2D eigenvalue weighted by atomic mass is 10.1. The summed E-state index contributed by atoms with van der Waals surface area (Å²) in [6, 6.07) is 11.3. The zero-order valence-corrected chi connectivity index (χ0v) is 17.1. The number of piperazine rings is 1. The van der Waals surface area contributed by atoms with Crippen molar-refractivity contribution in [3.8, 4) is 0 Å². The van der Waals surface area contributed by atoms with Crippen molar-refractivity contribution in [2.45, 2.75) is 18.0 Å². The van der Waals surface area contributed by atoms with E-state index in [-0.39, 0.29) is 42.5 Å². The molecule has 5 nitrogen and oxygen atoms in total. The largest absolute Gasteiger partial charge is 0.416 e. The molecule has 1 aliphatic rings. The summed E-state index contributed by atoms with van der Waals surface area (Å²) < 4.78 is 65.1. The fourth-order valence-electron chi connectivity index (χ4n) is 3.10. The van der Waals surface area contributed by atoms with Gasteiger partial charge in [0.1, 0.15) is 0 Å². The summed E-state index contributed by atoms with van der Waals surface area (Å²) in [4.78, 5) is 14.0. The molecule has 0 bridgehead atoms. The topological polar surface area (TPSA) is 57.7 Å². The number of carbonyl (C=O) groups excluding carboxylic acids is 1. The monoisotopic (exact) mass is 438 g/mol. The van der Waals surface area contributed by atoms with Crippen molar-refractivity contribution in [1.82, 2.24) is 9.21 Å². The maximum Gasteiger partial charge on any atom is 0.416 e. The van der Waals surface area contributed by atoms with Crippen LogP contribution in [0.15, 0.2) is 59.5 Å². The lowest BCUT2D eigenvalue weighted by molar-refractivity contribution is -0.137. The molecule has 1 saturated heterocycles. The van der Waals surface area contributed by atoms with Crippen LogP contribution in [-0.2, 0) is 21.0 Å². The fraction of sp³-hybridized carbons (Fsp3) is 0.286. The highest BCUT2D eigenvalue weighted by molar-refractivity contribution is 7.89. The van der Waals surface area contributed by atoms with Crippen LogP contribution in [0.25, 0.3) is 6.08 Å². The van der Waals surface area contributed by atoms with Gasteiger partial charge >= 0.3 is 6.18 Å². The molecular weight excluding hydrogens is 417 g/mol. The van der Waals surface area contributed by atoms with E-state index in [1.807, 2.05) is 6.92 Å². The quantitative estimate of drug-likeness (QED) is 0.686. The summed E-state index contributed by atoms with van der Waals surface area (Å²) in [6.07, 6.45) is -1.92. The molecule has 0 atom stereocenters. The molecule has 0 radical (unpaired) electrons. The fourth-order valence-corrected chi connectivity index (χ4v) is 4.52. The summed E-state index contributed by atoms with van der Waals surface area (Å²) in [6.45, 7) is 2.58. The van der Waals surface area contributed by atoms with Crippen LogP contribution >= 0.6 is 0 Å². The first-order valence-corrected chi connectivity index (χ1v) is 10.7. The summed E-state index contributed by atoms with van der Waals surface area (Å²) in [5, 5.41) is 0. The number of benzene rings is 2. The first kappa shape index (κ1) is 22.0. The van der Waals surface area contributed by atoms with Gasteiger partial charge in [0.15, 0.2) is 0 Å². The van der Waals surface area contributed by atoms with E-state index in [4.69, 9.17) is 0 Å². The first-order valence-electron chi connectivity index (χ1n) is 9.28. The number of nitrogens with zero attached hydrogens (tertiary/aromatic N) is 2. The second kappa shape index (κ2) is 8.61. The van der Waals surface area contributed by atoms with Gasteiger partial charge < -0.3 is 4.90 Å². The Morgan fingerprint density at radius 3 is 2.23 bits per heavy atom. The molecule has 3 rings (SSSR count). The Hall–Kier alpha value is -2.65. The number of aryl methyl sites for hydroxylation is 1. The van der Waals surface area contributed by atoms with Crippen LogP contribution in [0.2, 0.25) is 0 Å². The molecule has 2 aromatic carbocycles. The second-order valence-corrected chi connectivity index (χ2v) is 8.94. The minimum Gasteiger partial charge on any atom is -0.337 e. The van der Waals surface area contributed by atoms with Crippen molar-refractivity contribution < 1.29 is 26.4 Å². The van der Waals surface area contributed by atoms with E-state index in [1.165, 1.54) is 33.5 Å². The highest BCUT2D eigenvalue weighted by Crippen LogP contribution is 2.29.